The number of aliphatic imine (C=N–C) groups is 1. The van der Waals surface area contributed by atoms with Gasteiger partial charge in [0, 0.05) is 12.1 Å². The van der Waals surface area contributed by atoms with E-state index < -0.39 is 5.25 Å². The zero-order valence-corrected chi connectivity index (χ0v) is 18.5. The Hall–Kier alpha value is -3.78. The lowest BCUT2D eigenvalue weighted by Crippen LogP contribution is -2.31. The summed E-state index contributed by atoms with van der Waals surface area (Å²) in [7, 11) is 0. The lowest BCUT2D eigenvalue weighted by Gasteiger charge is -2.16. The molecule has 2 heterocycles. The van der Waals surface area contributed by atoms with Crippen molar-refractivity contribution in [3.8, 4) is 11.5 Å². The predicted molar refractivity (Wildman–Crippen MR) is 129 cm³/mol. The van der Waals surface area contributed by atoms with Crippen LogP contribution in [0.4, 0.5) is 11.4 Å². The Kier molecular flexibility index (Phi) is 5.99. The second-order valence-corrected chi connectivity index (χ2v) is 8.71. The van der Waals surface area contributed by atoms with Gasteiger partial charge in [0.15, 0.2) is 16.7 Å². The Bertz CT molecular complexity index is 1200. The van der Waals surface area contributed by atoms with Crippen LogP contribution in [0.15, 0.2) is 83.9 Å². The second-order valence-electron chi connectivity index (χ2n) is 7.51. The van der Waals surface area contributed by atoms with Crippen LogP contribution in [-0.2, 0) is 16.1 Å². The van der Waals surface area contributed by atoms with Crippen molar-refractivity contribution in [2.45, 2.75) is 18.2 Å². The van der Waals surface area contributed by atoms with Gasteiger partial charge in [0.25, 0.3) is 0 Å². The van der Waals surface area contributed by atoms with E-state index in [9.17, 15) is 9.59 Å². The zero-order chi connectivity index (χ0) is 22.6. The van der Waals surface area contributed by atoms with Crippen molar-refractivity contribution in [2.24, 2.45) is 4.99 Å². The van der Waals surface area contributed by atoms with E-state index in [0.717, 1.165) is 17.0 Å². The molecule has 33 heavy (non-hydrogen) atoms. The van der Waals surface area contributed by atoms with Gasteiger partial charge in [0.05, 0.1) is 12.2 Å². The van der Waals surface area contributed by atoms with Gasteiger partial charge in [-0.05, 0) is 42.0 Å². The fourth-order valence-electron chi connectivity index (χ4n) is 3.63. The largest absolute Gasteiger partial charge is 0.454 e. The third-order valence-electron chi connectivity index (χ3n) is 5.24. The molecule has 1 N–H and O–H groups in total. The number of amides is 2. The van der Waals surface area contributed by atoms with E-state index in [2.05, 4.69) is 5.32 Å². The van der Waals surface area contributed by atoms with Gasteiger partial charge in [-0.15, -0.1) is 0 Å². The molecule has 0 saturated carbocycles. The van der Waals surface area contributed by atoms with Crippen LogP contribution in [0.2, 0.25) is 0 Å². The molecule has 8 heteroatoms. The van der Waals surface area contributed by atoms with Gasteiger partial charge in [0.1, 0.15) is 5.25 Å². The molecule has 0 radical (unpaired) electrons. The number of imide groups is 1. The van der Waals surface area contributed by atoms with Crippen molar-refractivity contribution in [2.75, 3.05) is 17.0 Å². The summed E-state index contributed by atoms with van der Waals surface area (Å²) >= 11 is 1.27. The SMILES string of the molecule is O=C1C[C@H](SC(=NCc2ccc3c(c2)OCO3)Nc2ccccc2)C(=O)N1c1ccccc1. The lowest BCUT2D eigenvalue weighted by molar-refractivity contribution is -0.121. The molecule has 7 nitrogen and oxygen atoms in total. The minimum Gasteiger partial charge on any atom is -0.454 e. The van der Waals surface area contributed by atoms with Crippen LogP contribution in [0, 0.1) is 0 Å². The van der Waals surface area contributed by atoms with Crippen LogP contribution < -0.4 is 19.7 Å². The summed E-state index contributed by atoms with van der Waals surface area (Å²) in [5.41, 5.74) is 2.39. The van der Waals surface area contributed by atoms with Crippen LogP contribution in [0.3, 0.4) is 0 Å². The van der Waals surface area contributed by atoms with E-state index in [1.807, 2.05) is 66.7 Å². The maximum absolute atomic E-state index is 13.1. The summed E-state index contributed by atoms with van der Waals surface area (Å²) in [5, 5.41) is 3.31. The molecule has 3 aromatic rings. The number of anilines is 2. The summed E-state index contributed by atoms with van der Waals surface area (Å²) in [4.78, 5) is 31.7. The Morgan fingerprint density at radius 1 is 0.970 bits per heavy atom. The highest BCUT2D eigenvalue weighted by atomic mass is 32.2. The normalized spacial score (nSPS) is 17.5. The van der Waals surface area contributed by atoms with Gasteiger partial charge < -0.3 is 14.8 Å². The van der Waals surface area contributed by atoms with Gasteiger partial charge in [-0.25, -0.2) is 4.90 Å². The van der Waals surface area contributed by atoms with Crippen molar-refractivity contribution in [1.29, 1.82) is 0 Å². The molecule has 0 spiro atoms. The van der Waals surface area contributed by atoms with Crippen molar-refractivity contribution in [1.82, 2.24) is 0 Å². The molecule has 0 aromatic heterocycles. The summed E-state index contributed by atoms with van der Waals surface area (Å²) in [5.74, 6) is 0.971. The van der Waals surface area contributed by atoms with E-state index in [-0.39, 0.29) is 25.0 Å². The Labute approximate surface area is 195 Å². The molecule has 2 aliphatic rings. The van der Waals surface area contributed by atoms with E-state index in [1.54, 1.807) is 12.1 Å². The summed E-state index contributed by atoms with van der Waals surface area (Å²) in [6.45, 7) is 0.602. The topological polar surface area (TPSA) is 80.2 Å². The quantitative estimate of drug-likeness (QED) is 0.345. The van der Waals surface area contributed by atoms with E-state index in [4.69, 9.17) is 14.5 Å². The average Bonchev–Trinajstić information content (AvgIpc) is 3.42. The third kappa shape index (κ3) is 4.70. The number of hydrogen-bond donors (Lipinski definition) is 1. The Morgan fingerprint density at radius 2 is 1.70 bits per heavy atom. The Morgan fingerprint density at radius 3 is 2.48 bits per heavy atom. The molecular weight excluding hydrogens is 438 g/mol. The number of carbonyl (C=O) groups excluding carboxylic acids is 2. The zero-order valence-electron chi connectivity index (χ0n) is 17.6. The first kappa shape index (κ1) is 21.1. The number of para-hydroxylation sites is 2. The first-order valence-electron chi connectivity index (χ1n) is 10.5. The van der Waals surface area contributed by atoms with Gasteiger partial charge >= 0.3 is 0 Å². The fraction of sp³-hybridized carbons (Fsp3) is 0.160. The van der Waals surface area contributed by atoms with Gasteiger partial charge in [-0.2, -0.15) is 0 Å². The highest BCUT2D eigenvalue weighted by molar-refractivity contribution is 8.15. The number of carbonyl (C=O) groups is 2. The third-order valence-corrected chi connectivity index (χ3v) is 6.35. The predicted octanol–water partition coefficient (Wildman–Crippen LogP) is 4.45. The van der Waals surface area contributed by atoms with Crippen molar-refractivity contribution in [3.63, 3.8) is 0 Å². The van der Waals surface area contributed by atoms with Crippen LogP contribution in [0.25, 0.3) is 0 Å². The van der Waals surface area contributed by atoms with E-state index in [1.165, 1.54) is 16.7 Å². The number of ether oxygens (including phenoxy) is 2. The standard InChI is InChI=1S/C25H21N3O4S/c29-23-14-22(24(30)28(23)19-9-5-2-6-10-19)33-25(27-18-7-3-1-4-8-18)26-15-17-11-12-20-21(13-17)32-16-31-20/h1-13,22H,14-16H2,(H,26,27)/t22-/m0/s1. The number of amidine groups is 1. The molecule has 5 rings (SSSR count). The van der Waals surface area contributed by atoms with Crippen LogP contribution >= 0.6 is 11.8 Å². The molecule has 166 valence electrons. The number of hydrogen-bond acceptors (Lipinski definition) is 6. The molecule has 3 aromatic carbocycles. The smallest absolute Gasteiger partial charge is 0.247 e. The van der Waals surface area contributed by atoms with Crippen molar-refractivity contribution < 1.29 is 19.1 Å². The fourth-order valence-corrected chi connectivity index (χ4v) is 4.65. The average molecular weight is 460 g/mol. The molecule has 2 aliphatic heterocycles. The molecule has 1 saturated heterocycles. The minimum absolute atomic E-state index is 0.123. The van der Waals surface area contributed by atoms with Gasteiger partial charge in [-0.3, -0.25) is 14.6 Å². The molecule has 2 amide bonds. The number of rotatable bonds is 5. The Balaban J connectivity index is 1.36. The van der Waals surface area contributed by atoms with Crippen LogP contribution in [0.1, 0.15) is 12.0 Å². The van der Waals surface area contributed by atoms with Crippen LogP contribution in [0.5, 0.6) is 11.5 Å². The van der Waals surface area contributed by atoms with Crippen LogP contribution in [-0.4, -0.2) is 29.0 Å². The first-order chi connectivity index (χ1) is 16.2. The number of nitrogens with one attached hydrogen (secondary N) is 1. The molecule has 1 fully saturated rings. The van der Waals surface area contributed by atoms with E-state index >= 15 is 0 Å². The molecule has 0 aliphatic carbocycles. The summed E-state index contributed by atoms with van der Waals surface area (Å²) < 4.78 is 10.8. The summed E-state index contributed by atoms with van der Waals surface area (Å²) in [6.07, 6.45) is 0.123. The maximum atomic E-state index is 13.1. The summed E-state index contributed by atoms with van der Waals surface area (Å²) in [6, 6.07) is 24.3. The number of fused-ring (bicyclic) bond motifs is 1. The molecule has 0 bridgehead atoms. The lowest BCUT2D eigenvalue weighted by atomic mass is 10.2. The highest BCUT2D eigenvalue weighted by Crippen LogP contribution is 2.33. The number of thioether (sulfide) groups is 1. The monoisotopic (exact) mass is 459 g/mol. The molecule has 0 unspecified atom stereocenters. The van der Waals surface area contributed by atoms with E-state index in [0.29, 0.717) is 23.1 Å². The minimum atomic E-state index is -0.551. The van der Waals surface area contributed by atoms with Gasteiger partial charge in [0.2, 0.25) is 18.6 Å². The number of benzene rings is 3. The van der Waals surface area contributed by atoms with Crippen molar-refractivity contribution >= 4 is 40.1 Å². The van der Waals surface area contributed by atoms with Gasteiger partial charge in [-0.1, -0.05) is 54.2 Å². The second kappa shape index (κ2) is 9.38. The molecular formula is C25H21N3O4S. The maximum Gasteiger partial charge on any atom is 0.247 e. The molecule has 1 atom stereocenters. The number of nitrogens with zero attached hydrogens (tertiary/aromatic N) is 2. The first-order valence-corrected chi connectivity index (χ1v) is 11.4. The highest BCUT2D eigenvalue weighted by Gasteiger charge is 2.40. The van der Waals surface area contributed by atoms with Crippen molar-refractivity contribution in [3.05, 3.63) is 84.4 Å².